The molecular weight excluding hydrogens is 299 g/mol. The Morgan fingerprint density at radius 1 is 1.43 bits per heavy atom. The quantitative estimate of drug-likeness (QED) is 0.814. The van der Waals surface area contributed by atoms with Gasteiger partial charge in [-0.15, -0.1) is 0 Å². The lowest BCUT2D eigenvalue weighted by Crippen LogP contribution is -2.19. The molecule has 1 aromatic heterocycles. The number of likely N-dealkylation sites (N-methyl/N-ethyl adjacent to an activating group) is 1. The largest absolute Gasteiger partial charge is 0.388 e. The second kappa shape index (κ2) is 7.85. The molecule has 0 radical (unpaired) electrons. The highest BCUT2D eigenvalue weighted by Crippen LogP contribution is 2.18. The fraction of sp³-hybridized carbons (Fsp3) is 0.375. The van der Waals surface area contributed by atoms with Crippen molar-refractivity contribution in [3.8, 4) is 0 Å². The zero-order valence-electron chi connectivity index (χ0n) is 13.2. The van der Waals surface area contributed by atoms with E-state index in [9.17, 15) is 14.3 Å². The first kappa shape index (κ1) is 17.1. The molecule has 0 aliphatic carbocycles. The van der Waals surface area contributed by atoms with Crippen LogP contribution in [0.25, 0.3) is 0 Å². The Hall–Kier alpha value is -2.25. The minimum Gasteiger partial charge on any atom is -0.388 e. The fourth-order valence-corrected chi connectivity index (χ4v) is 2.06. The average molecular weight is 320 g/mol. The lowest BCUT2D eigenvalue weighted by Gasteiger charge is -2.10. The van der Waals surface area contributed by atoms with Gasteiger partial charge in [0.25, 0.3) is 0 Å². The molecule has 0 saturated heterocycles. The number of carbonyl (C=O) groups is 1. The predicted molar refractivity (Wildman–Crippen MR) is 85.4 cm³/mol. The Bertz CT molecular complexity index is 657. The van der Waals surface area contributed by atoms with Gasteiger partial charge in [-0.1, -0.05) is 12.1 Å². The van der Waals surface area contributed by atoms with E-state index in [-0.39, 0.29) is 12.3 Å². The van der Waals surface area contributed by atoms with Crippen molar-refractivity contribution >= 4 is 11.7 Å². The van der Waals surface area contributed by atoms with E-state index < -0.39 is 11.9 Å². The van der Waals surface area contributed by atoms with Gasteiger partial charge in [0, 0.05) is 18.8 Å². The highest BCUT2D eigenvalue weighted by atomic mass is 19.1. The van der Waals surface area contributed by atoms with Gasteiger partial charge in [-0.05, 0) is 31.8 Å². The van der Waals surface area contributed by atoms with Gasteiger partial charge >= 0.3 is 0 Å². The summed E-state index contributed by atoms with van der Waals surface area (Å²) in [6.45, 7) is 1.56. The van der Waals surface area contributed by atoms with E-state index in [1.807, 2.05) is 19.0 Å². The van der Waals surface area contributed by atoms with Crippen molar-refractivity contribution in [3.63, 3.8) is 0 Å². The number of rotatable bonds is 7. The second-order valence-corrected chi connectivity index (χ2v) is 5.59. The van der Waals surface area contributed by atoms with Gasteiger partial charge in [0.2, 0.25) is 5.91 Å². The first-order valence-corrected chi connectivity index (χ1v) is 7.35. The molecule has 0 spiro atoms. The fourth-order valence-electron chi connectivity index (χ4n) is 2.06. The molecule has 1 atom stereocenters. The highest BCUT2D eigenvalue weighted by molar-refractivity contribution is 5.90. The van der Waals surface area contributed by atoms with Crippen LogP contribution >= 0.6 is 0 Å². The molecule has 1 heterocycles. The molecule has 1 aromatic carbocycles. The maximum absolute atomic E-state index is 13.1. The van der Waals surface area contributed by atoms with Crippen molar-refractivity contribution < 1.29 is 14.3 Å². The number of amides is 1. The standard InChI is InChI=1S/C16H21FN4O2/c1-20(2)8-9-21-7-6-15(19-21)18-16(23)11-14(22)12-4-3-5-13(17)10-12/h3-7,10,14,22H,8-9,11H2,1-2H3,(H,18,19,23). The molecule has 7 heteroatoms. The number of benzene rings is 1. The van der Waals surface area contributed by atoms with E-state index in [1.54, 1.807) is 23.0 Å². The molecule has 2 N–H and O–H groups in total. The van der Waals surface area contributed by atoms with E-state index in [2.05, 4.69) is 10.4 Å². The van der Waals surface area contributed by atoms with E-state index in [1.165, 1.54) is 18.2 Å². The number of aliphatic hydroxyl groups is 1. The zero-order chi connectivity index (χ0) is 16.8. The lowest BCUT2D eigenvalue weighted by atomic mass is 10.1. The normalized spacial score (nSPS) is 12.4. The molecule has 6 nitrogen and oxygen atoms in total. The van der Waals surface area contributed by atoms with E-state index in [0.717, 1.165) is 13.1 Å². The second-order valence-electron chi connectivity index (χ2n) is 5.59. The van der Waals surface area contributed by atoms with Crippen LogP contribution in [-0.2, 0) is 11.3 Å². The number of aromatic nitrogens is 2. The number of hydrogen-bond donors (Lipinski definition) is 2. The summed E-state index contributed by atoms with van der Waals surface area (Å²) in [7, 11) is 3.94. The maximum atomic E-state index is 13.1. The topological polar surface area (TPSA) is 70.4 Å². The molecule has 0 saturated carbocycles. The molecular formula is C16H21FN4O2. The Kier molecular flexibility index (Phi) is 5.84. The summed E-state index contributed by atoms with van der Waals surface area (Å²) in [5.41, 5.74) is 0.372. The lowest BCUT2D eigenvalue weighted by molar-refractivity contribution is -0.118. The van der Waals surface area contributed by atoms with Crippen molar-refractivity contribution in [2.75, 3.05) is 26.0 Å². The summed E-state index contributed by atoms with van der Waals surface area (Å²) in [6, 6.07) is 7.28. The SMILES string of the molecule is CN(C)CCn1ccc(NC(=O)CC(O)c2cccc(F)c2)n1. The number of nitrogens with zero attached hydrogens (tertiary/aromatic N) is 3. The first-order chi connectivity index (χ1) is 10.9. The molecule has 0 bridgehead atoms. The Morgan fingerprint density at radius 3 is 2.91 bits per heavy atom. The molecule has 0 fully saturated rings. The molecule has 1 amide bonds. The van der Waals surface area contributed by atoms with Crippen LogP contribution in [0, 0.1) is 5.82 Å². The van der Waals surface area contributed by atoms with E-state index >= 15 is 0 Å². The molecule has 2 aromatic rings. The molecule has 23 heavy (non-hydrogen) atoms. The van der Waals surface area contributed by atoms with Gasteiger partial charge < -0.3 is 15.3 Å². The van der Waals surface area contributed by atoms with Crippen LogP contribution < -0.4 is 5.32 Å². The number of carbonyl (C=O) groups excluding carboxylic acids is 1. The molecule has 2 rings (SSSR count). The van der Waals surface area contributed by atoms with Gasteiger partial charge in [-0.2, -0.15) is 5.10 Å². The van der Waals surface area contributed by atoms with Crippen LogP contribution in [0.4, 0.5) is 10.2 Å². The minimum atomic E-state index is -1.05. The zero-order valence-corrected chi connectivity index (χ0v) is 13.2. The van der Waals surface area contributed by atoms with Crippen LogP contribution in [0.1, 0.15) is 18.1 Å². The van der Waals surface area contributed by atoms with Crippen molar-refractivity contribution in [1.29, 1.82) is 0 Å². The summed E-state index contributed by atoms with van der Waals surface area (Å²) in [6.07, 6.45) is 0.567. The number of aliphatic hydroxyl groups excluding tert-OH is 1. The van der Waals surface area contributed by atoms with Crippen LogP contribution in [0.3, 0.4) is 0 Å². The van der Waals surface area contributed by atoms with Crippen LogP contribution in [0.15, 0.2) is 36.5 Å². The van der Waals surface area contributed by atoms with Gasteiger partial charge in [-0.25, -0.2) is 4.39 Å². The van der Waals surface area contributed by atoms with Crippen LogP contribution in [-0.4, -0.2) is 46.3 Å². The number of hydrogen-bond acceptors (Lipinski definition) is 4. The molecule has 0 aliphatic rings. The third-order valence-corrected chi connectivity index (χ3v) is 3.30. The molecule has 1 unspecified atom stereocenters. The minimum absolute atomic E-state index is 0.159. The third-order valence-electron chi connectivity index (χ3n) is 3.30. The molecule has 0 aliphatic heterocycles. The Labute approximate surface area is 134 Å². The van der Waals surface area contributed by atoms with E-state index in [4.69, 9.17) is 0 Å². The Balaban J connectivity index is 1.87. The third kappa shape index (κ3) is 5.46. The summed E-state index contributed by atoms with van der Waals surface area (Å²) in [5, 5.41) is 16.8. The smallest absolute Gasteiger partial charge is 0.228 e. The van der Waals surface area contributed by atoms with Crippen molar-refractivity contribution in [1.82, 2.24) is 14.7 Å². The van der Waals surface area contributed by atoms with E-state index in [0.29, 0.717) is 11.4 Å². The number of halogens is 1. The van der Waals surface area contributed by atoms with Crippen molar-refractivity contribution in [3.05, 3.63) is 47.9 Å². The summed E-state index contributed by atoms with van der Waals surface area (Å²) >= 11 is 0. The van der Waals surface area contributed by atoms with Gasteiger partial charge in [-0.3, -0.25) is 9.48 Å². The average Bonchev–Trinajstić information content (AvgIpc) is 2.92. The van der Waals surface area contributed by atoms with Crippen molar-refractivity contribution in [2.24, 2.45) is 0 Å². The molecule has 124 valence electrons. The van der Waals surface area contributed by atoms with Gasteiger partial charge in [0.05, 0.1) is 19.1 Å². The summed E-state index contributed by atoms with van der Waals surface area (Å²) < 4.78 is 14.9. The van der Waals surface area contributed by atoms with Crippen molar-refractivity contribution in [2.45, 2.75) is 19.1 Å². The monoisotopic (exact) mass is 320 g/mol. The summed E-state index contributed by atoms with van der Waals surface area (Å²) in [4.78, 5) is 14.0. The number of nitrogens with one attached hydrogen (secondary N) is 1. The maximum Gasteiger partial charge on any atom is 0.228 e. The highest BCUT2D eigenvalue weighted by Gasteiger charge is 2.14. The first-order valence-electron chi connectivity index (χ1n) is 7.35. The Morgan fingerprint density at radius 2 is 2.22 bits per heavy atom. The van der Waals surface area contributed by atoms with Crippen LogP contribution in [0.2, 0.25) is 0 Å². The predicted octanol–water partition coefficient (Wildman–Crippen LogP) is 1.65. The summed E-state index contributed by atoms with van der Waals surface area (Å²) in [5.74, 6) is -0.388. The van der Waals surface area contributed by atoms with Gasteiger partial charge in [0.15, 0.2) is 5.82 Å². The number of anilines is 1. The van der Waals surface area contributed by atoms with Crippen LogP contribution in [0.5, 0.6) is 0 Å². The van der Waals surface area contributed by atoms with Gasteiger partial charge in [0.1, 0.15) is 5.82 Å².